The largest absolute Gasteiger partial charge is 0.381 e. The highest BCUT2D eigenvalue weighted by Crippen LogP contribution is 2.20. The van der Waals surface area contributed by atoms with E-state index in [1.165, 1.54) is 5.56 Å². The molecule has 1 N–H and O–H groups in total. The van der Waals surface area contributed by atoms with Gasteiger partial charge in [-0.15, -0.1) is 0 Å². The molecule has 0 unspecified atom stereocenters. The fourth-order valence-electron chi connectivity index (χ4n) is 2.04. The van der Waals surface area contributed by atoms with E-state index in [9.17, 15) is 0 Å². The van der Waals surface area contributed by atoms with Crippen molar-refractivity contribution in [3.63, 3.8) is 0 Å². The molecular weight excluding hydrogens is 246 g/mol. The summed E-state index contributed by atoms with van der Waals surface area (Å²) in [5.41, 5.74) is 4.67. The predicted octanol–water partition coefficient (Wildman–Crippen LogP) is 3.56. The van der Waals surface area contributed by atoms with Crippen molar-refractivity contribution in [1.29, 1.82) is 0 Å². The van der Waals surface area contributed by atoms with Gasteiger partial charge in [-0.05, 0) is 37.1 Å². The number of hydrogen-bond donors (Lipinski definition) is 1. The van der Waals surface area contributed by atoms with Crippen LogP contribution in [0.15, 0.2) is 24.4 Å². The van der Waals surface area contributed by atoms with Crippen LogP contribution in [-0.4, -0.2) is 9.78 Å². The molecule has 0 atom stereocenters. The SMILES string of the molecule is CCc1nn(C)cc1CNc1ccc(Cl)cc1C. The van der Waals surface area contributed by atoms with Crippen LogP contribution < -0.4 is 5.32 Å². The summed E-state index contributed by atoms with van der Waals surface area (Å²) >= 11 is 5.94. The average Bonchev–Trinajstić information content (AvgIpc) is 2.68. The molecule has 0 aliphatic rings. The van der Waals surface area contributed by atoms with E-state index in [1.807, 2.05) is 29.9 Å². The van der Waals surface area contributed by atoms with Gasteiger partial charge in [0.2, 0.25) is 0 Å². The Labute approximate surface area is 113 Å². The highest BCUT2D eigenvalue weighted by atomic mass is 35.5. The molecular formula is C14H18ClN3. The molecule has 2 rings (SSSR count). The summed E-state index contributed by atoms with van der Waals surface area (Å²) < 4.78 is 1.87. The van der Waals surface area contributed by atoms with Gasteiger partial charge in [-0.1, -0.05) is 18.5 Å². The monoisotopic (exact) mass is 263 g/mol. The zero-order chi connectivity index (χ0) is 13.1. The second kappa shape index (κ2) is 5.44. The third kappa shape index (κ3) is 2.85. The summed E-state index contributed by atoms with van der Waals surface area (Å²) in [4.78, 5) is 0. The van der Waals surface area contributed by atoms with Crippen molar-refractivity contribution in [2.75, 3.05) is 5.32 Å². The zero-order valence-electron chi connectivity index (χ0n) is 11.0. The van der Waals surface area contributed by atoms with E-state index in [1.54, 1.807) is 0 Å². The summed E-state index contributed by atoms with van der Waals surface area (Å²) in [6.07, 6.45) is 3.02. The number of anilines is 1. The van der Waals surface area contributed by atoms with E-state index in [2.05, 4.69) is 30.5 Å². The molecule has 2 aromatic rings. The van der Waals surface area contributed by atoms with Gasteiger partial charge in [0, 0.05) is 36.1 Å². The van der Waals surface area contributed by atoms with Gasteiger partial charge in [0.15, 0.2) is 0 Å². The first-order valence-electron chi connectivity index (χ1n) is 6.11. The molecule has 0 saturated heterocycles. The van der Waals surface area contributed by atoms with Crippen LogP contribution in [0.4, 0.5) is 5.69 Å². The van der Waals surface area contributed by atoms with Crippen LogP contribution in [0, 0.1) is 6.92 Å². The van der Waals surface area contributed by atoms with E-state index in [-0.39, 0.29) is 0 Å². The molecule has 0 fully saturated rings. The summed E-state index contributed by atoms with van der Waals surface area (Å²) in [6, 6.07) is 5.88. The summed E-state index contributed by atoms with van der Waals surface area (Å²) in [6.45, 7) is 4.97. The second-order valence-corrected chi connectivity index (χ2v) is 4.88. The van der Waals surface area contributed by atoms with Gasteiger partial charge >= 0.3 is 0 Å². The Kier molecular flexibility index (Phi) is 3.92. The first kappa shape index (κ1) is 13.0. The molecule has 1 aromatic carbocycles. The first-order chi connectivity index (χ1) is 8.60. The number of nitrogens with one attached hydrogen (secondary N) is 1. The Morgan fingerprint density at radius 1 is 1.39 bits per heavy atom. The lowest BCUT2D eigenvalue weighted by Gasteiger charge is -2.09. The van der Waals surface area contributed by atoms with E-state index >= 15 is 0 Å². The fourth-order valence-corrected chi connectivity index (χ4v) is 2.27. The maximum absolute atomic E-state index is 5.94. The number of nitrogens with zero attached hydrogens (tertiary/aromatic N) is 2. The smallest absolute Gasteiger partial charge is 0.0671 e. The maximum Gasteiger partial charge on any atom is 0.0671 e. The van der Waals surface area contributed by atoms with E-state index in [4.69, 9.17) is 11.6 Å². The molecule has 0 amide bonds. The van der Waals surface area contributed by atoms with Crippen LogP contribution in [0.5, 0.6) is 0 Å². The number of rotatable bonds is 4. The predicted molar refractivity (Wildman–Crippen MR) is 76.1 cm³/mol. The third-order valence-corrected chi connectivity index (χ3v) is 3.22. The molecule has 0 bridgehead atoms. The van der Waals surface area contributed by atoms with Crippen LogP contribution in [-0.2, 0) is 20.0 Å². The number of hydrogen-bond acceptors (Lipinski definition) is 2. The minimum absolute atomic E-state index is 0.772. The van der Waals surface area contributed by atoms with Crippen LogP contribution >= 0.6 is 11.6 Å². The van der Waals surface area contributed by atoms with Crippen LogP contribution in [0.2, 0.25) is 5.02 Å². The molecule has 0 aliphatic heterocycles. The van der Waals surface area contributed by atoms with Crippen molar-refractivity contribution in [2.24, 2.45) is 7.05 Å². The average molecular weight is 264 g/mol. The lowest BCUT2D eigenvalue weighted by molar-refractivity contribution is 0.746. The molecule has 1 heterocycles. The zero-order valence-corrected chi connectivity index (χ0v) is 11.8. The van der Waals surface area contributed by atoms with Crippen molar-refractivity contribution in [2.45, 2.75) is 26.8 Å². The topological polar surface area (TPSA) is 29.9 Å². The van der Waals surface area contributed by atoms with Gasteiger partial charge < -0.3 is 5.32 Å². The maximum atomic E-state index is 5.94. The Balaban J connectivity index is 2.11. The number of benzene rings is 1. The minimum Gasteiger partial charge on any atom is -0.381 e. The Morgan fingerprint density at radius 3 is 2.83 bits per heavy atom. The highest BCUT2D eigenvalue weighted by molar-refractivity contribution is 6.30. The van der Waals surface area contributed by atoms with E-state index in [0.29, 0.717) is 0 Å². The summed E-state index contributed by atoms with van der Waals surface area (Å²) in [5.74, 6) is 0. The van der Waals surface area contributed by atoms with E-state index < -0.39 is 0 Å². The van der Waals surface area contributed by atoms with Crippen LogP contribution in [0.1, 0.15) is 23.7 Å². The summed E-state index contributed by atoms with van der Waals surface area (Å²) in [7, 11) is 1.95. The number of aryl methyl sites for hydroxylation is 3. The van der Waals surface area contributed by atoms with Gasteiger partial charge in [0.05, 0.1) is 5.69 Å². The Hall–Kier alpha value is -1.48. The van der Waals surface area contributed by atoms with Crippen molar-refractivity contribution < 1.29 is 0 Å². The number of halogens is 1. The van der Waals surface area contributed by atoms with Crippen molar-refractivity contribution in [3.8, 4) is 0 Å². The van der Waals surface area contributed by atoms with Crippen LogP contribution in [0.3, 0.4) is 0 Å². The lowest BCUT2D eigenvalue weighted by atomic mass is 10.1. The van der Waals surface area contributed by atoms with Gasteiger partial charge in [-0.25, -0.2) is 0 Å². The molecule has 0 saturated carbocycles. The molecule has 18 heavy (non-hydrogen) atoms. The fraction of sp³-hybridized carbons (Fsp3) is 0.357. The van der Waals surface area contributed by atoms with Gasteiger partial charge in [0.25, 0.3) is 0 Å². The van der Waals surface area contributed by atoms with Crippen molar-refractivity contribution in [3.05, 3.63) is 46.2 Å². The molecule has 3 nitrogen and oxygen atoms in total. The number of aromatic nitrogens is 2. The van der Waals surface area contributed by atoms with E-state index in [0.717, 1.165) is 34.9 Å². The Morgan fingerprint density at radius 2 is 2.17 bits per heavy atom. The second-order valence-electron chi connectivity index (χ2n) is 4.44. The standard InChI is InChI=1S/C14H18ClN3/c1-4-13-11(9-18(3)17-13)8-16-14-6-5-12(15)7-10(14)2/h5-7,9,16H,4,8H2,1-3H3. The molecule has 4 heteroatoms. The molecule has 1 aromatic heterocycles. The van der Waals surface area contributed by atoms with Gasteiger partial charge in [-0.2, -0.15) is 5.10 Å². The quantitative estimate of drug-likeness (QED) is 0.914. The third-order valence-electron chi connectivity index (χ3n) is 2.98. The molecule has 0 aliphatic carbocycles. The molecule has 0 radical (unpaired) electrons. The van der Waals surface area contributed by atoms with Gasteiger partial charge in [-0.3, -0.25) is 4.68 Å². The van der Waals surface area contributed by atoms with Crippen molar-refractivity contribution in [1.82, 2.24) is 9.78 Å². The molecule has 96 valence electrons. The highest BCUT2D eigenvalue weighted by Gasteiger charge is 2.06. The normalized spacial score (nSPS) is 10.7. The minimum atomic E-state index is 0.772. The lowest BCUT2D eigenvalue weighted by Crippen LogP contribution is -2.02. The van der Waals surface area contributed by atoms with Crippen molar-refractivity contribution >= 4 is 17.3 Å². The first-order valence-corrected chi connectivity index (χ1v) is 6.49. The Bertz CT molecular complexity index is 546. The van der Waals surface area contributed by atoms with Gasteiger partial charge in [0.1, 0.15) is 0 Å². The summed E-state index contributed by atoms with van der Waals surface area (Å²) in [5, 5.41) is 8.64. The van der Waals surface area contributed by atoms with Crippen LogP contribution in [0.25, 0.3) is 0 Å². The molecule has 0 spiro atoms.